The fourth-order valence-corrected chi connectivity index (χ4v) is 2.08. The SMILES string of the molecule is CN(C)c1nc(Br)c(CN)s1. The van der Waals surface area contributed by atoms with Gasteiger partial charge in [-0.05, 0) is 15.9 Å². The minimum Gasteiger partial charge on any atom is -0.354 e. The van der Waals surface area contributed by atoms with E-state index < -0.39 is 0 Å². The number of anilines is 1. The number of aromatic nitrogens is 1. The number of hydrogen-bond acceptors (Lipinski definition) is 4. The Labute approximate surface area is 78.4 Å². The highest BCUT2D eigenvalue weighted by Crippen LogP contribution is 2.27. The highest BCUT2D eigenvalue weighted by Gasteiger charge is 2.07. The van der Waals surface area contributed by atoms with Gasteiger partial charge in [-0.25, -0.2) is 4.98 Å². The molecule has 1 rings (SSSR count). The van der Waals surface area contributed by atoms with E-state index in [0.717, 1.165) is 14.6 Å². The largest absolute Gasteiger partial charge is 0.354 e. The van der Waals surface area contributed by atoms with Crippen molar-refractivity contribution in [1.29, 1.82) is 0 Å². The van der Waals surface area contributed by atoms with E-state index >= 15 is 0 Å². The number of hydrogen-bond donors (Lipinski definition) is 1. The second kappa shape index (κ2) is 3.51. The number of nitrogens with zero attached hydrogens (tertiary/aromatic N) is 2. The van der Waals surface area contributed by atoms with Gasteiger partial charge in [-0.3, -0.25) is 0 Å². The van der Waals surface area contributed by atoms with Crippen molar-refractivity contribution >= 4 is 32.4 Å². The first-order valence-corrected chi connectivity index (χ1v) is 4.78. The molecule has 62 valence electrons. The lowest BCUT2D eigenvalue weighted by molar-refractivity contribution is 1.06. The Bertz CT molecular complexity index is 246. The van der Waals surface area contributed by atoms with Gasteiger partial charge < -0.3 is 10.6 Å². The summed E-state index contributed by atoms with van der Waals surface area (Å²) in [5.41, 5.74) is 5.49. The van der Waals surface area contributed by atoms with E-state index in [1.807, 2.05) is 19.0 Å². The molecule has 1 aromatic heterocycles. The number of halogens is 1. The van der Waals surface area contributed by atoms with Crippen LogP contribution >= 0.6 is 27.3 Å². The maximum Gasteiger partial charge on any atom is 0.186 e. The standard InChI is InChI=1S/C6H10BrN3S/c1-10(2)6-9-5(7)4(3-8)11-6/h3,8H2,1-2H3. The summed E-state index contributed by atoms with van der Waals surface area (Å²) in [4.78, 5) is 7.32. The molecule has 3 nitrogen and oxygen atoms in total. The fourth-order valence-electron chi connectivity index (χ4n) is 0.639. The van der Waals surface area contributed by atoms with E-state index in [1.54, 1.807) is 11.3 Å². The summed E-state index contributed by atoms with van der Waals surface area (Å²) in [7, 11) is 3.93. The molecule has 5 heteroatoms. The number of thiazole rings is 1. The van der Waals surface area contributed by atoms with Crippen LogP contribution in [-0.4, -0.2) is 19.1 Å². The molecule has 0 fully saturated rings. The summed E-state index contributed by atoms with van der Waals surface area (Å²) in [6.45, 7) is 0.548. The maximum atomic E-state index is 5.49. The van der Waals surface area contributed by atoms with E-state index in [-0.39, 0.29) is 0 Å². The zero-order valence-corrected chi connectivity index (χ0v) is 8.87. The van der Waals surface area contributed by atoms with Crippen LogP contribution in [0.3, 0.4) is 0 Å². The second-order valence-electron chi connectivity index (χ2n) is 2.31. The smallest absolute Gasteiger partial charge is 0.186 e. The molecule has 0 aliphatic carbocycles. The molecule has 0 unspecified atom stereocenters. The van der Waals surface area contributed by atoms with Crippen molar-refractivity contribution in [2.24, 2.45) is 5.73 Å². The Hall–Kier alpha value is -0.130. The molecule has 0 aromatic carbocycles. The number of nitrogens with two attached hydrogens (primary N) is 1. The molecule has 1 aromatic rings. The first-order chi connectivity index (χ1) is 5.15. The zero-order valence-electron chi connectivity index (χ0n) is 6.47. The number of rotatable bonds is 2. The molecule has 0 saturated heterocycles. The zero-order chi connectivity index (χ0) is 8.43. The van der Waals surface area contributed by atoms with Gasteiger partial charge in [0.2, 0.25) is 0 Å². The van der Waals surface area contributed by atoms with E-state index in [0.29, 0.717) is 6.54 Å². The van der Waals surface area contributed by atoms with E-state index in [1.165, 1.54) is 0 Å². The Morgan fingerprint density at radius 1 is 1.64 bits per heavy atom. The molecule has 0 spiro atoms. The van der Waals surface area contributed by atoms with Crippen LogP contribution in [0, 0.1) is 0 Å². The van der Waals surface area contributed by atoms with Gasteiger partial charge in [0.15, 0.2) is 5.13 Å². The Kier molecular flexibility index (Phi) is 2.86. The van der Waals surface area contributed by atoms with Gasteiger partial charge in [0, 0.05) is 20.6 Å². The fraction of sp³-hybridized carbons (Fsp3) is 0.500. The van der Waals surface area contributed by atoms with Crippen molar-refractivity contribution in [3.05, 3.63) is 9.48 Å². The van der Waals surface area contributed by atoms with Crippen molar-refractivity contribution in [2.75, 3.05) is 19.0 Å². The Balaban J connectivity index is 2.95. The molecule has 0 aliphatic rings. The van der Waals surface area contributed by atoms with Gasteiger partial charge in [-0.15, -0.1) is 0 Å². The van der Waals surface area contributed by atoms with Gasteiger partial charge in [0.25, 0.3) is 0 Å². The topological polar surface area (TPSA) is 42.2 Å². The van der Waals surface area contributed by atoms with Crippen LogP contribution < -0.4 is 10.6 Å². The van der Waals surface area contributed by atoms with Crippen molar-refractivity contribution in [3.63, 3.8) is 0 Å². The lowest BCUT2D eigenvalue weighted by atomic mass is 10.6. The van der Waals surface area contributed by atoms with E-state index in [4.69, 9.17) is 5.73 Å². The molecule has 0 bridgehead atoms. The molecule has 0 radical (unpaired) electrons. The third kappa shape index (κ3) is 1.91. The van der Waals surface area contributed by atoms with Crippen LogP contribution in [0.2, 0.25) is 0 Å². The third-order valence-electron chi connectivity index (χ3n) is 1.21. The highest BCUT2D eigenvalue weighted by molar-refractivity contribution is 9.10. The van der Waals surface area contributed by atoms with Gasteiger partial charge in [0.05, 0.1) is 4.88 Å². The molecule has 0 amide bonds. The van der Waals surface area contributed by atoms with E-state index in [9.17, 15) is 0 Å². The third-order valence-corrected chi connectivity index (χ3v) is 3.37. The first-order valence-electron chi connectivity index (χ1n) is 3.17. The average Bonchev–Trinajstić information content (AvgIpc) is 2.31. The van der Waals surface area contributed by atoms with Gasteiger partial charge in [-0.1, -0.05) is 11.3 Å². The van der Waals surface area contributed by atoms with Gasteiger partial charge in [0.1, 0.15) is 4.60 Å². The molecule has 0 saturated carbocycles. The summed E-state index contributed by atoms with van der Waals surface area (Å²) >= 11 is 4.95. The first kappa shape index (κ1) is 8.96. The summed E-state index contributed by atoms with van der Waals surface area (Å²) < 4.78 is 0.869. The average molecular weight is 236 g/mol. The van der Waals surface area contributed by atoms with Crippen molar-refractivity contribution in [1.82, 2.24) is 4.98 Å². The molecule has 11 heavy (non-hydrogen) atoms. The normalized spacial score (nSPS) is 10.2. The van der Waals surface area contributed by atoms with Crippen LogP contribution in [0.25, 0.3) is 0 Å². The van der Waals surface area contributed by atoms with Crippen LogP contribution in [-0.2, 0) is 6.54 Å². The molecule has 2 N–H and O–H groups in total. The predicted molar refractivity (Wildman–Crippen MR) is 52.0 cm³/mol. The lowest BCUT2D eigenvalue weighted by Gasteiger charge is -2.04. The quantitative estimate of drug-likeness (QED) is 0.844. The molecular weight excluding hydrogens is 226 g/mol. The van der Waals surface area contributed by atoms with E-state index in [2.05, 4.69) is 20.9 Å². The Morgan fingerprint density at radius 2 is 2.27 bits per heavy atom. The van der Waals surface area contributed by atoms with Gasteiger partial charge in [-0.2, -0.15) is 0 Å². The molecule has 0 aliphatic heterocycles. The van der Waals surface area contributed by atoms with Crippen LogP contribution in [0.4, 0.5) is 5.13 Å². The monoisotopic (exact) mass is 235 g/mol. The predicted octanol–water partition coefficient (Wildman–Crippen LogP) is 1.43. The maximum absolute atomic E-state index is 5.49. The summed E-state index contributed by atoms with van der Waals surface area (Å²) in [6.07, 6.45) is 0. The minimum absolute atomic E-state index is 0.548. The molecule has 0 atom stereocenters. The molecule has 1 heterocycles. The summed E-state index contributed by atoms with van der Waals surface area (Å²) in [5.74, 6) is 0. The van der Waals surface area contributed by atoms with Crippen LogP contribution in [0.5, 0.6) is 0 Å². The second-order valence-corrected chi connectivity index (χ2v) is 4.12. The Morgan fingerprint density at radius 3 is 2.55 bits per heavy atom. The van der Waals surface area contributed by atoms with Gasteiger partial charge >= 0.3 is 0 Å². The van der Waals surface area contributed by atoms with Crippen LogP contribution in [0.15, 0.2) is 4.60 Å². The van der Waals surface area contributed by atoms with Crippen molar-refractivity contribution in [2.45, 2.75) is 6.54 Å². The minimum atomic E-state index is 0.548. The summed E-state index contributed by atoms with van der Waals surface area (Å²) in [6, 6.07) is 0. The summed E-state index contributed by atoms with van der Waals surface area (Å²) in [5, 5.41) is 0.984. The lowest BCUT2D eigenvalue weighted by Crippen LogP contribution is -2.07. The van der Waals surface area contributed by atoms with Crippen molar-refractivity contribution < 1.29 is 0 Å². The highest BCUT2D eigenvalue weighted by atomic mass is 79.9. The molecular formula is C6H10BrN3S. The van der Waals surface area contributed by atoms with Crippen molar-refractivity contribution in [3.8, 4) is 0 Å². The van der Waals surface area contributed by atoms with Crippen LogP contribution in [0.1, 0.15) is 4.88 Å².